The second-order valence-corrected chi connectivity index (χ2v) is 8.60. The number of hydrogen-bond acceptors (Lipinski definition) is 3. The van der Waals surface area contributed by atoms with Crippen LogP contribution in [0.5, 0.6) is 0 Å². The molecule has 4 nitrogen and oxygen atoms in total. The van der Waals surface area contributed by atoms with Gasteiger partial charge in [0, 0.05) is 4.90 Å². The van der Waals surface area contributed by atoms with Crippen molar-refractivity contribution in [2.75, 3.05) is 4.90 Å². The molecular weight excluding hydrogens is 439 g/mol. The fourth-order valence-corrected chi connectivity index (χ4v) is 4.94. The predicted molar refractivity (Wildman–Crippen MR) is 116 cm³/mol. The molecule has 0 radical (unpaired) electrons. The van der Waals surface area contributed by atoms with Crippen molar-refractivity contribution in [2.45, 2.75) is 29.3 Å². The van der Waals surface area contributed by atoms with Gasteiger partial charge in [0.2, 0.25) is 5.91 Å². The molecule has 32 heavy (non-hydrogen) atoms. The van der Waals surface area contributed by atoms with Gasteiger partial charge in [-0.15, -0.1) is 11.8 Å². The molecule has 8 heteroatoms. The molecule has 1 amide bonds. The van der Waals surface area contributed by atoms with Crippen LogP contribution in [-0.4, -0.2) is 22.2 Å². The Hall–Kier alpha value is -3.26. The zero-order valence-corrected chi connectivity index (χ0v) is 17.5. The molecule has 0 bridgehead atoms. The van der Waals surface area contributed by atoms with Gasteiger partial charge >= 0.3 is 12.1 Å². The number of aromatic carboxylic acids is 1. The highest BCUT2D eigenvalue weighted by Crippen LogP contribution is 2.42. The lowest BCUT2D eigenvalue weighted by Gasteiger charge is -2.34. The second kappa shape index (κ2) is 8.70. The summed E-state index contributed by atoms with van der Waals surface area (Å²) in [5.41, 5.74) is 0.767. The number of hydrogen-bond donors (Lipinski definition) is 1. The smallest absolute Gasteiger partial charge is 0.416 e. The van der Waals surface area contributed by atoms with E-state index in [1.165, 1.54) is 47.0 Å². The number of thioether (sulfide) groups is 1. The number of carbonyl (C=O) groups excluding carboxylic acids is 1. The van der Waals surface area contributed by atoms with Gasteiger partial charge in [0.15, 0.2) is 0 Å². The SMILES string of the molecule is O=C(O)c1ccc(C[C@H]2Sc3ccccc3N(Cc3ccccc3C(F)(F)F)C2=O)cc1. The van der Waals surface area contributed by atoms with E-state index in [1.807, 2.05) is 12.1 Å². The van der Waals surface area contributed by atoms with Crippen LogP contribution in [0.3, 0.4) is 0 Å². The Bertz CT molecular complexity index is 1160. The van der Waals surface area contributed by atoms with Crippen LogP contribution in [0, 0.1) is 0 Å². The minimum absolute atomic E-state index is 0.0274. The van der Waals surface area contributed by atoms with E-state index >= 15 is 0 Å². The number of carboxylic acids is 1. The van der Waals surface area contributed by atoms with Gasteiger partial charge in [0.1, 0.15) is 0 Å². The highest BCUT2D eigenvalue weighted by atomic mass is 32.2. The number of para-hydroxylation sites is 1. The molecule has 164 valence electrons. The van der Waals surface area contributed by atoms with Gasteiger partial charge < -0.3 is 10.0 Å². The predicted octanol–water partition coefficient (Wildman–Crippen LogP) is 5.65. The third-order valence-corrected chi connectivity index (χ3v) is 6.49. The molecule has 3 aromatic carbocycles. The Labute approximate surface area is 186 Å². The first-order valence-electron chi connectivity index (χ1n) is 9.78. The Morgan fingerprint density at radius 1 is 0.969 bits per heavy atom. The third kappa shape index (κ3) is 4.50. The van der Waals surface area contributed by atoms with E-state index < -0.39 is 23.0 Å². The average Bonchev–Trinajstić information content (AvgIpc) is 2.76. The van der Waals surface area contributed by atoms with Crippen LogP contribution in [0.4, 0.5) is 18.9 Å². The number of halogens is 3. The molecule has 1 aliphatic rings. The normalized spacial score (nSPS) is 16.0. The number of anilines is 1. The molecule has 1 N–H and O–H groups in total. The van der Waals surface area contributed by atoms with Crippen LogP contribution in [0.2, 0.25) is 0 Å². The topological polar surface area (TPSA) is 57.6 Å². The van der Waals surface area contributed by atoms with Gasteiger partial charge in [0.25, 0.3) is 0 Å². The number of benzene rings is 3. The van der Waals surface area contributed by atoms with Crippen LogP contribution < -0.4 is 4.90 Å². The molecule has 0 aliphatic carbocycles. The molecule has 0 saturated heterocycles. The molecule has 0 fully saturated rings. The van der Waals surface area contributed by atoms with Crippen molar-refractivity contribution in [1.82, 2.24) is 0 Å². The molecule has 3 aromatic rings. The number of rotatable bonds is 5. The lowest BCUT2D eigenvalue weighted by atomic mass is 10.0. The molecule has 0 aromatic heterocycles. The molecule has 0 spiro atoms. The maximum atomic E-state index is 13.5. The first kappa shape index (κ1) is 22.0. The van der Waals surface area contributed by atoms with Crippen molar-refractivity contribution in [3.05, 3.63) is 95.1 Å². The van der Waals surface area contributed by atoms with Crippen LogP contribution in [-0.2, 0) is 23.9 Å². The first-order valence-corrected chi connectivity index (χ1v) is 10.7. The van der Waals surface area contributed by atoms with Crippen molar-refractivity contribution in [3.8, 4) is 0 Å². The highest BCUT2D eigenvalue weighted by Gasteiger charge is 2.37. The molecule has 1 atom stereocenters. The van der Waals surface area contributed by atoms with E-state index in [9.17, 15) is 22.8 Å². The van der Waals surface area contributed by atoms with Crippen LogP contribution in [0.1, 0.15) is 27.0 Å². The summed E-state index contributed by atoms with van der Waals surface area (Å²) >= 11 is 1.36. The summed E-state index contributed by atoms with van der Waals surface area (Å²) in [5.74, 6) is -1.32. The Morgan fingerprint density at radius 2 is 1.62 bits per heavy atom. The molecule has 4 rings (SSSR count). The average molecular weight is 457 g/mol. The number of amides is 1. The van der Waals surface area contributed by atoms with Crippen molar-refractivity contribution < 1.29 is 27.9 Å². The summed E-state index contributed by atoms with van der Waals surface area (Å²) in [6.07, 6.45) is -4.19. The van der Waals surface area contributed by atoms with E-state index in [-0.39, 0.29) is 23.6 Å². The summed E-state index contributed by atoms with van der Waals surface area (Å²) in [4.78, 5) is 26.6. The Morgan fingerprint density at radius 3 is 2.31 bits per heavy atom. The summed E-state index contributed by atoms with van der Waals surface area (Å²) in [6, 6.07) is 18.7. The van der Waals surface area contributed by atoms with E-state index in [0.717, 1.165) is 16.5 Å². The number of carboxylic acid groups (broad SMARTS) is 1. The quantitative estimate of drug-likeness (QED) is 0.538. The first-order chi connectivity index (χ1) is 15.2. The van der Waals surface area contributed by atoms with Crippen molar-refractivity contribution in [1.29, 1.82) is 0 Å². The van der Waals surface area contributed by atoms with Gasteiger partial charge in [-0.25, -0.2) is 4.79 Å². The van der Waals surface area contributed by atoms with E-state index in [1.54, 1.807) is 24.3 Å². The number of nitrogens with zero attached hydrogens (tertiary/aromatic N) is 1. The Balaban J connectivity index is 1.65. The standard InChI is InChI=1S/C24H18F3NO3S/c25-24(26,27)18-6-2-1-5-17(18)14-28-19-7-3-4-8-20(19)32-21(22(28)29)13-15-9-11-16(12-10-15)23(30)31/h1-12,21H,13-14H2,(H,30,31)/t21-/m1/s1. The largest absolute Gasteiger partial charge is 0.478 e. The molecule has 1 heterocycles. The van der Waals surface area contributed by atoms with Crippen molar-refractivity contribution in [2.24, 2.45) is 0 Å². The minimum atomic E-state index is -4.52. The monoisotopic (exact) mass is 457 g/mol. The lowest BCUT2D eigenvalue weighted by molar-refractivity contribution is -0.138. The highest BCUT2D eigenvalue weighted by molar-refractivity contribution is 8.01. The lowest BCUT2D eigenvalue weighted by Crippen LogP contribution is -2.41. The van der Waals surface area contributed by atoms with Crippen LogP contribution in [0.25, 0.3) is 0 Å². The summed E-state index contributed by atoms with van der Waals surface area (Å²) in [6.45, 7) is -0.194. The number of carbonyl (C=O) groups is 2. The van der Waals surface area contributed by atoms with Crippen LogP contribution >= 0.6 is 11.8 Å². The van der Waals surface area contributed by atoms with Gasteiger partial charge in [-0.1, -0.05) is 42.5 Å². The van der Waals surface area contributed by atoms with Gasteiger partial charge in [-0.3, -0.25) is 4.79 Å². The van der Waals surface area contributed by atoms with Crippen LogP contribution in [0.15, 0.2) is 77.7 Å². The van der Waals surface area contributed by atoms with E-state index in [2.05, 4.69) is 0 Å². The molecule has 0 unspecified atom stereocenters. The molecule has 0 saturated carbocycles. The maximum absolute atomic E-state index is 13.5. The fourth-order valence-electron chi connectivity index (χ4n) is 3.67. The summed E-state index contributed by atoms with van der Waals surface area (Å²) in [7, 11) is 0. The van der Waals surface area contributed by atoms with E-state index in [4.69, 9.17) is 5.11 Å². The molecule has 1 aliphatic heterocycles. The molecular formula is C24H18F3NO3S. The zero-order valence-electron chi connectivity index (χ0n) is 16.7. The van der Waals surface area contributed by atoms with Gasteiger partial charge in [0.05, 0.1) is 28.6 Å². The summed E-state index contributed by atoms with van der Waals surface area (Å²) in [5, 5.41) is 8.52. The Kier molecular flexibility index (Phi) is 5.97. The fraction of sp³-hybridized carbons (Fsp3) is 0.167. The number of alkyl halides is 3. The summed E-state index contributed by atoms with van der Waals surface area (Å²) < 4.78 is 40.5. The van der Waals surface area contributed by atoms with E-state index in [0.29, 0.717) is 12.1 Å². The third-order valence-electron chi connectivity index (χ3n) is 5.24. The van der Waals surface area contributed by atoms with Crippen molar-refractivity contribution >= 4 is 29.3 Å². The second-order valence-electron chi connectivity index (χ2n) is 7.36. The van der Waals surface area contributed by atoms with Gasteiger partial charge in [-0.2, -0.15) is 13.2 Å². The van der Waals surface area contributed by atoms with Crippen molar-refractivity contribution in [3.63, 3.8) is 0 Å². The maximum Gasteiger partial charge on any atom is 0.416 e. The van der Waals surface area contributed by atoms with Gasteiger partial charge in [-0.05, 0) is 47.9 Å². The zero-order chi connectivity index (χ0) is 22.9. The minimum Gasteiger partial charge on any atom is -0.478 e. The number of fused-ring (bicyclic) bond motifs is 1.